The molecule has 1 aliphatic rings. The lowest BCUT2D eigenvalue weighted by Gasteiger charge is -2.32. The summed E-state index contributed by atoms with van der Waals surface area (Å²) < 4.78 is 12.8. The number of aromatic nitrogens is 2. The highest BCUT2D eigenvalue weighted by Gasteiger charge is 2.30. The van der Waals surface area contributed by atoms with E-state index in [9.17, 15) is 5.11 Å². The van der Waals surface area contributed by atoms with E-state index in [1.165, 1.54) is 0 Å². The number of aliphatic hydroxyl groups is 2. The standard InChI is InChI=1S/C11H18N2O4/c1-13-3-2-12-11(13)7-16-8-4-9(15)10(5-14)17-6-8/h2-3,8-10,14-15H,4-7H2,1H3. The number of rotatable bonds is 4. The summed E-state index contributed by atoms with van der Waals surface area (Å²) in [7, 11) is 1.90. The predicted molar refractivity (Wildman–Crippen MR) is 59.2 cm³/mol. The van der Waals surface area contributed by atoms with Crippen LogP contribution in [0.2, 0.25) is 0 Å². The fourth-order valence-electron chi connectivity index (χ4n) is 1.85. The average Bonchev–Trinajstić information content (AvgIpc) is 2.72. The molecule has 3 atom stereocenters. The highest BCUT2D eigenvalue weighted by Crippen LogP contribution is 2.17. The molecule has 2 heterocycles. The van der Waals surface area contributed by atoms with E-state index in [0.717, 1.165) is 5.82 Å². The lowest BCUT2D eigenvalue weighted by atomic mass is 10.0. The quantitative estimate of drug-likeness (QED) is 0.740. The van der Waals surface area contributed by atoms with Crippen molar-refractivity contribution in [3.8, 4) is 0 Å². The SMILES string of the molecule is Cn1ccnc1COC1COC(CO)C(O)C1. The lowest BCUT2D eigenvalue weighted by Crippen LogP contribution is -2.43. The summed E-state index contributed by atoms with van der Waals surface area (Å²) in [5, 5.41) is 18.6. The number of hydrogen-bond donors (Lipinski definition) is 2. The van der Waals surface area contributed by atoms with Gasteiger partial charge in [0.25, 0.3) is 0 Å². The third kappa shape index (κ3) is 3.04. The third-order valence-electron chi connectivity index (χ3n) is 2.98. The molecule has 1 aromatic heterocycles. The molecule has 17 heavy (non-hydrogen) atoms. The Balaban J connectivity index is 1.79. The number of ether oxygens (including phenoxy) is 2. The maximum absolute atomic E-state index is 9.67. The van der Waals surface area contributed by atoms with E-state index in [-0.39, 0.29) is 12.7 Å². The van der Waals surface area contributed by atoms with Gasteiger partial charge in [-0.2, -0.15) is 0 Å². The first kappa shape index (κ1) is 12.5. The summed E-state index contributed by atoms with van der Waals surface area (Å²) in [6, 6.07) is 0. The first-order chi connectivity index (χ1) is 8.20. The number of hydrogen-bond acceptors (Lipinski definition) is 5. The first-order valence-electron chi connectivity index (χ1n) is 5.69. The summed E-state index contributed by atoms with van der Waals surface area (Å²) in [5.74, 6) is 0.837. The van der Waals surface area contributed by atoms with Crippen LogP contribution in [0.5, 0.6) is 0 Å². The molecule has 1 aliphatic heterocycles. The second-order valence-electron chi connectivity index (χ2n) is 4.24. The molecular weight excluding hydrogens is 224 g/mol. The maximum atomic E-state index is 9.67. The van der Waals surface area contributed by atoms with Crippen molar-refractivity contribution >= 4 is 0 Å². The van der Waals surface area contributed by atoms with E-state index < -0.39 is 12.2 Å². The van der Waals surface area contributed by atoms with Gasteiger partial charge in [0.15, 0.2) is 0 Å². The van der Waals surface area contributed by atoms with Gasteiger partial charge in [-0.1, -0.05) is 0 Å². The van der Waals surface area contributed by atoms with Crippen LogP contribution in [0.1, 0.15) is 12.2 Å². The zero-order chi connectivity index (χ0) is 12.3. The molecule has 0 saturated carbocycles. The molecule has 1 aromatic rings. The fraction of sp³-hybridized carbons (Fsp3) is 0.727. The van der Waals surface area contributed by atoms with E-state index >= 15 is 0 Å². The minimum absolute atomic E-state index is 0.149. The van der Waals surface area contributed by atoms with Crippen LogP contribution in [0, 0.1) is 0 Å². The Morgan fingerprint density at radius 1 is 1.65 bits per heavy atom. The fourth-order valence-corrected chi connectivity index (χ4v) is 1.85. The van der Waals surface area contributed by atoms with Gasteiger partial charge in [0.05, 0.1) is 25.4 Å². The molecule has 2 N–H and O–H groups in total. The predicted octanol–water partition coefficient (Wildman–Crippen LogP) is -0.553. The van der Waals surface area contributed by atoms with Gasteiger partial charge in [0, 0.05) is 25.9 Å². The molecule has 0 radical (unpaired) electrons. The van der Waals surface area contributed by atoms with Gasteiger partial charge in [-0.25, -0.2) is 4.98 Å². The molecule has 0 aromatic carbocycles. The van der Waals surface area contributed by atoms with Crippen molar-refractivity contribution in [2.75, 3.05) is 13.2 Å². The number of aryl methyl sites for hydroxylation is 1. The molecule has 0 aliphatic carbocycles. The Kier molecular flexibility index (Phi) is 4.11. The molecular formula is C11H18N2O4. The summed E-state index contributed by atoms with van der Waals surface area (Å²) in [5.41, 5.74) is 0. The maximum Gasteiger partial charge on any atom is 0.134 e. The van der Waals surface area contributed by atoms with Crippen LogP contribution in [0.15, 0.2) is 12.4 Å². The summed E-state index contributed by atoms with van der Waals surface area (Å²) in [6.07, 6.45) is 2.75. The lowest BCUT2D eigenvalue weighted by molar-refractivity contribution is -0.155. The highest BCUT2D eigenvalue weighted by atomic mass is 16.6. The van der Waals surface area contributed by atoms with Crippen LogP contribution in [-0.2, 0) is 23.1 Å². The third-order valence-corrected chi connectivity index (χ3v) is 2.98. The van der Waals surface area contributed by atoms with Crippen LogP contribution in [0.25, 0.3) is 0 Å². The van der Waals surface area contributed by atoms with Crippen LogP contribution >= 0.6 is 0 Å². The van der Waals surface area contributed by atoms with E-state index in [1.54, 1.807) is 6.20 Å². The molecule has 0 bridgehead atoms. The largest absolute Gasteiger partial charge is 0.394 e. The second-order valence-corrected chi connectivity index (χ2v) is 4.24. The van der Waals surface area contributed by atoms with Crippen molar-refractivity contribution in [1.29, 1.82) is 0 Å². The van der Waals surface area contributed by atoms with Crippen molar-refractivity contribution in [3.05, 3.63) is 18.2 Å². The van der Waals surface area contributed by atoms with Gasteiger partial charge in [-0.05, 0) is 0 Å². The minimum atomic E-state index is -0.667. The van der Waals surface area contributed by atoms with Gasteiger partial charge in [0.1, 0.15) is 18.5 Å². The summed E-state index contributed by atoms with van der Waals surface area (Å²) in [4.78, 5) is 4.14. The molecule has 0 spiro atoms. The molecule has 0 amide bonds. The van der Waals surface area contributed by atoms with Crippen molar-refractivity contribution < 1.29 is 19.7 Å². The second kappa shape index (κ2) is 5.59. The van der Waals surface area contributed by atoms with E-state index in [2.05, 4.69) is 4.98 Å². The Hall–Kier alpha value is -0.950. The normalized spacial score (nSPS) is 29.5. The molecule has 1 fully saturated rings. The minimum Gasteiger partial charge on any atom is -0.394 e. The Bertz CT molecular complexity index is 355. The first-order valence-corrected chi connectivity index (χ1v) is 5.69. The number of imidazole rings is 1. The van der Waals surface area contributed by atoms with Crippen molar-refractivity contribution in [2.24, 2.45) is 7.05 Å². The van der Waals surface area contributed by atoms with Crippen LogP contribution in [0.3, 0.4) is 0 Å². The van der Waals surface area contributed by atoms with Crippen LogP contribution < -0.4 is 0 Å². The number of nitrogens with zero attached hydrogens (tertiary/aromatic N) is 2. The molecule has 6 nitrogen and oxygen atoms in total. The highest BCUT2D eigenvalue weighted by molar-refractivity contribution is 4.89. The van der Waals surface area contributed by atoms with E-state index in [4.69, 9.17) is 14.6 Å². The monoisotopic (exact) mass is 242 g/mol. The molecule has 3 unspecified atom stereocenters. The molecule has 2 rings (SSSR count). The van der Waals surface area contributed by atoms with Gasteiger partial charge in [-0.3, -0.25) is 0 Å². The number of aliphatic hydroxyl groups excluding tert-OH is 2. The zero-order valence-corrected chi connectivity index (χ0v) is 9.82. The van der Waals surface area contributed by atoms with E-state index in [1.807, 2.05) is 17.8 Å². The Labute approximate surface area is 99.8 Å². The van der Waals surface area contributed by atoms with Crippen molar-refractivity contribution in [2.45, 2.75) is 31.3 Å². The van der Waals surface area contributed by atoms with Gasteiger partial charge < -0.3 is 24.3 Å². The Morgan fingerprint density at radius 3 is 3.06 bits per heavy atom. The summed E-state index contributed by atoms with van der Waals surface area (Å²) >= 11 is 0. The molecule has 6 heteroatoms. The van der Waals surface area contributed by atoms with Gasteiger partial charge in [-0.15, -0.1) is 0 Å². The van der Waals surface area contributed by atoms with Crippen molar-refractivity contribution in [1.82, 2.24) is 9.55 Å². The average molecular weight is 242 g/mol. The van der Waals surface area contributed by atoms with Crippen LogP contribution in [-0.4, -0.2) is 51.3 Å². The van der Waals surface area contributed by atoms with Gasteiger partial charge >= 0.3 is 0 Å². The van der Waals surface area contributed by atoms with E-state index in [0.29, 0.717) is 19.6 Å². The molecule has 1 saturated heterocycles. The topological polar surface area (TPSA) is 76.7 Å². The van der Waals surface area contributed by atoms with Gasteiger partial charge in [0.2, 0.25) is 0 Å². The molecule has 96 valence electrons. The zero-order valence-electron chi connectivity index (χ0n) is 9.82. The van der Waals surface area contributed by atoms with Crippen LogP contribution in [0.4, 0.5) is 0 Å². The summed E-state index contributed by atoms with van der Waals surface area (Å²) in [6.45, 7) is 0.633. The van der Waals surface area contributed by atoms with Crippen molar-refractivity contribution in [3.63, 3.8) is 0 Å². The smallest absolute Gasteiger partial charge is 0.134 e. The Morgan fingerprint density at radius 2 is 2.47 bits per heavy atom.